The Bertz CT molecular complexity index is 638. The van der Waals surface area contributed by atoms with Crippen LogP contribution in [0, 0.1) is 11.8 Å². The van der Waals surface area contributed by atoms with Crippen LogP contribution >= 0.6 is 0 Å². The third kappa shape index (κ3) is 3.21. The number of hydrogen-bond acceptors (Lipinski definition) is 5. The van der Waals surface area contributed by atoms with Gasteiger partial charge in [0.2, 0.25) is 0 Å². The number of allylic oxidation sites excluding steroid dienone is 1. The molecule has 0 bridgehead atoms. The largest absolute Gasteiger partial charge is 0.512 e. The molecule has 0 aromatic heterocycles. The molecule has 1 saturated carbocycles. The highest BCUT2D eigenvalue weighted by Crippen LogP contribution is 2.39. The normalized spacial score (nSPS) is 26.1. The Kier molecular flexibility index (Phi) is 4.59. The van der Waals surface area contributed by atoms with Crippen molar-refractivity contribution in [3.8, 4) is 0 Å². The Hall–Kier alpha value is -1.98. The second-order valence-electron chi connectivity index (χ2n) is 6.24. The van der Waals surface area contributed by atoms with Crippen LogP contribution < -0.4 is 5.73 Å². The SMILES string of the molecule is NC(OCc1ccccc1)C1=C(O)CC2CCCC(=O)C2C1=O. The zero-order valence-corrected chi connectivity index (χ0v) is 12.9. The van der Waals surface area contributed by atoms with E-state index in [1.807, 2.05) is 30.3 Å². The van der Waals surface area contributed by atoms with Crippen LogP contribution in [-0.4, -0.2) is 22.9 Å². The fourth-order valence-electron chi connectivity index (χ4n) is 3.52. The lowest BCUT2D eigenvalue weighted by Crippen LogP contribution is -2.44. The minimum atomic E-state index is -1.02. The maximum absolute atomic E-state index is 12.6. The molecule has 3 unspecified atom stereocenters. The van der Waals surface area contributed by atoms with Crippen LogP contribution in [0.1, 0.15) is 31.2 Å². The van der Waals surface area contributed by atoms with E-state index in [9.17, 15) is 14.7 Å². The maximum atomic E-state index is 12.6. The van der Waals surface area contributed by atoms with E-state index in [1.54, 1.807) is 0 Å². The molecule has 1 aromatic carbocycles. The summed E-state index contributed by atoms with van der Waals surface area (Å²) in [6.07, 6.45) is 1.32. The highest BCUT2D eigenvalue weighted by molar-refractivity contribution is 6.12. The van der Waals surface area contributed by atoms with Crippen molar-refractivity contribution in [2.24, 2.45) is 17.6 Å². The topological polar surface area (TPSA) is 89.6 Å². The number of hydrogen-bond donors (Lipinski definition) is 2. The molecule has 2 aliphatic rings. The second-order valence-corrected chi connectivity index (χ2v) is 6.24. The maximum Gasteiger partial charge on any atom is 0.176 e. The first-order valence-electron chi connectivity index (χ1n) is 7.98. The van der Waals surface area contributed by atoms with Gasteiger partial charge in [0, 0.05) is 12.8 Å². The van der Waals surface area contributed by atoms with Crippen molar-refractivity contribution in [1.82, 2.24) is 0 Å². The van der Waals surface area contributed by atoms with Gasteiger partial charge in [0.15, 0.2) is 5.78 Å². The van der Waals surface area contributed by atoms with E-state index in [2.05, 4.69) is 0 Å². The molecule has 3 atom stereocenters. The Morgan fingerprint density at radius 3 is 2.74 bits per heavy atom. The molecule has 5 nitrogen and oxygen atoms in total. The molecule has 3 N–H and O–H groups in total. The third-order valence-electron chi connectivity index (χ3n) is 4.69. The standard InChI is InChI=1S/C18H21NO4/c19-18(23-10-11-5-2-1-3-6-11)16-14(21)9-12-7-4-8-13(20)15(12)17(16)22/h1-3,5-6,12,15,18,21H,4,7-10,19H2. The number of ketones is 2. The third-order valence-corrected chi connectivity index (χ3v) is 4.69. The lowest BCUT2D eigenvalue weighted by atomic mass is 9.69. The molecule has 0 heterocycles. The van der Waals surface area contributed by atoms with Gasteiger partial charge in [-0.1, -0.05) is 30.3 Å². The van der Waals surface area contributed by atoms with E-state index in [0.29, 0.717) is 12.8 Å². The molecular formula is C18H21NO4. The van der Waals surface area contributed by atoms with Gasteiger partial charge in [-0.25, -0.2) is 0 Å². The number of nitrogens with two attached hydrogens (primary N) is 1. The van der Waals surface area contributed by atoms with E-state index < -0.39 is 12.1 Å². The van der Waals surface area contributed by atoms with Crippen molar-refractivity contribution in [2.75, 3.05) is 0 Å². The Morgan fingerprint density at radius 2 is 2.00 bits per heavy atom. The van der Waals surface area contributed by atoms with Crippen molar-refractivity contribution in [1.29, 1.82) is 0 Å². The molecule has 0 radical (unpaired) electrons. The van der Waals surface area contributed by atoms with Crippen LogP contribution in [0.3, 0.4) is 0 Å². The molecule has 0 amide bonds. The van der Waals surface area contributed by atoms with Gasteiger partial charge < -0.3 is 15.6 Å². The van der Waals surface area contributed by atoms with Crippen LogP contribution in [0.5, 0.6) is 0 Å². The number of carbonyl (C=O) groups excluding carboxylic acids is 2. The summed E-state index contributed by atoms with van der Waals surface area (Å²) >= 11 is 0. The van der Waals surface area contributed by atoms with Crippen LogP contribution in [0.2, 0.25) is 0 Å². The molecule has 0 saturated heterocycles. The molecule has 23 heavy (non-hydrogen) atoms. The van der Waals surface area contributed by atoms with Crippen molar-refractivity contribution >= 4 is 11.6 Å². The van der Waals surface area contributed by atoms with Gasteiger partial charge in [-0.15, -0.1) is 0 Å². The number of rotatable bonds is 4. The summed E-state index contributed by atoms with van der Waals surface area (Å²) in [5.74, 6) is -1.16. The highest BCUT2D eigenvalue weighted by Gasteiger charge is 2.44. The Labute approximate surface area is 135 Å². The van der Waals surface area contributed by atoms with Crippen molar-refractivity contribution < 1.29 is 19.4 Å². The van der Waals surface area contributed by atoms with Gasteiger partial charge in [0.1, 0.15) is 17.8 Å². The molecule has 2 aliphatic carbocycles. The molecule has 0 spiro atoms. The zero-order valence-electron chi connectivity index (χ0n) is 12.9. The number of Topliss-reactive ketones (excluding diaryl/α,β-unsaturated/α-hetero) is 2. The van der Waals surface area contributed by atoms with Crippen LogP contribution in [-0.2, 0) is 20.9 Å². The average Bonchev–Trinajstić information content (AvgIpc) is 2.53. The number of aliphatic hydroxyl groups is 1. The zero-order chi connectivity index (χ0) is 16.4. The number of benzene rings is 1. The van der Waals surface area contributed by atoms with Crippen LogP contribution in [0.25, 0.3) is 0 Å². The summed E-state index contributed by atoms with van der Waals surface area (Å²) in [5.41, 5.74) is 6.97. The summed E-state index contributed by atoms with van der Waals surface area (Å²) in [7, 11) is 0. The number of ether oxygens (including phenoxy) is 1. The van der Waals surface area contributed by atoms with Gasteiger partial charge in [-0.2, -0.15) is 0 Å². The Morgan fingerprint density at radius 1 is 1.26 bits per heavy atom. The average molecular weight is 315 g/mol. The van der Waals surface area contributed by atoms with Crippen LogP contribution in [0.4, 0.5) is 0 Å². The van der Waals surface area contributed by atoms with E-state index >= 15 is 0 Å². The molecule has 5 heteroatoms. The predicted octanol–water partition coefficient (Wildman–Crippen LogP) is 2.26. The summed E-state index contributed by atoms with van der Waals surface area (Å²) < 4.78 is 5.55. The summed E-state index contributed by atoms with van der Waals surface area (Å²) in [5, 5.41) is 10.2. The van der Waals surface area contributed by atoms with E-state index in [0.717, 1.165) is 18.4 Å². The first-order chi connectivity index (χ1) is 11.1. The van der Waals surface area contributed by atoms with E-state index in [4.69, 9.17) is 10.5 Å². The lowest BCUT2D eigenvalue weighted by molar-refractivity contribution is -0.137. The van der Waals surface area contributed by atoms with Crippen LogP contribution in [0.15, 0.2) is 41.7 Å². The molecule has 3 rings (SSSR count). The molecule has 1 fully saturated rings. The van der Waals surface area contributed by atoms with Crippen molar-refractivity contribution in [3.63, 3.8) is 0 Å². The van der Waals surface area contributed by atoms with Crippen molar-refractivity contribution in [2.45, 2.75) is 38.5 Å². The number of carbonyl (C=O) groups is 2. The first-order valence-corrected chi connectivity index (χ1v) is 7.98. The molecular weight excluding hydrogens is 294 g/mol. The quantitative estimate of drug-likeness (QED) is 0.657. The molecule has 122 valence electrons. The Balaban J connectivity index is 1.74. The fraction of sp³-hybridized carbons (Fsp3) is 0.444. The smallest absolute Gasteiger partial charge is 0.176 e. The lowest BCUT2D eigenvalue weighted by Gasteiger charge is -2.35. The second kappa shape index (κ2) is 6.64. The minimum Gasteiger partial charge on any atom is -0.512 e. The number of fused-ring (bicyclic) bond motifs is 1. The summed E-state index contributed by atoms with van der Waals surface area (Å²) in [6.45, 7) is 0.244. The van der Waals surface area contributed by atoms with Gasteiger partial charge >= 0.3 is 0 Å². The van der Waals surface area contributed by atoms with Gasteiger partial charge in [-0.05, 0) is 24.3 Å². The van der Waals surface area contributed by atoms with Gasteiger partial charge in [0.05, 0.1) is 18.1 Å². The monoisotopic (exact) mass is 315 g/mol. The summed E-state index contributed by atoms with van der Waals surface area (Å²) in [4.78, 5) is 24.7. The van der Waals surface area contributed by atoms with E-state index in [-0.39, 0.29) is 35.4 Å². The minimum absolute atomic E-state index is 0.0217. The predicted molar refractivity (Wildman–Crippen MR) is 84.3 cm³/mol. The highest BCUT2D eigenvalue weighted by atomic mass is 16.5. The van der Waals surface area contributed by atoms with Crippen molar-refractivity contribution in [3.05, 3.63) is 47.2 Å². The summed E-state index contributed by atoms with van der Waals surface area (Å²) in [6, 6.07) is 9.46. The van der Waals surface area contributed by atoms with E-state index in [1.165, 1.54) is 0 Å². The first kappa shape index (κ1) is 15.9. The fourth-order valence-corrected chi connectivity index (χ4v) is 3.52. The molecule has 1 aromatic rings. The molecule has 0 aliphatic heterocycles. The van der Waals surface area contributed by atoms with Gasteiger partial charge in [0.25, 0.3) is 0 Å². The van der Waals surface area contributed by atoms with Gasteiger partial charge in [-0.3, -0.25) is 9.59 Å². The number of aliphatic hydroxyl groups excluding tert-OH is 1.